The minimum Gasteiger partial charge on any atom is -0.493 e. The van der Waals surface area contributed by atoms with E-state index in [1.165, 1.54) is 46.5 Å². The summed E-state index contributed by atoms with van der Waals surface area (Å²) >= 11 is 0. The molecule has 32 heavy (non-hydrogen) atoms. The molecule has 1 unspecified atom stereocenters. The van der Waals surface area contributed by atoms with Crippen molar-refractivity contribution in [3.63, 3.8) is 0 Å². The summed E-state index contributed by atoms with van der Waals surface area (Å²) in [6.45, 7) is -1.27. The van der Waals surface area contributed by atoms with E-state index >= 15 is 0 Å². The van der Waals surface area contributed by atoms with Crippen LogP contribution in [0.5, 0.6) is 23.0 Å². The number of rotatable bonds is 11. The van der Waals surface area contributed by atoms with Gasteiger partial charge in [0.25, 0.3) is 5.91 Å². The molecule has 2 aromatic rings. The molecule has 1 amide bonds. The highest BCUT2D eigenvalue weighted by atomic mass is 19.3. The first-order chi connectivity index (χ1) is 15.3. The molecular formula is C21H25F2N3O6. The lowest BCUT2D eigenvalue weighted by atomic mass is 10.2. The van der Waals surface area contributed by atoms with Crippen LogP contribution in [0.3, 0.4) is 0 Å². The molecule has 11 heteroatoms. The van der Waals surface area contributed by atoms with Gasteiger partial charge in [0.1, 0.15) is 0 Å². The number of amidine groups is 1. The number of methoxy groups -OCH3 is 3. The number of ether oxygens (including phenoxy) is 4. The van der Waals surface area contributed by atoms with Crippen molar-refractivity contribution < 1.29 is 37.4 Å². The Kier molecular flexibility index (Phi) is 8.87. The number of hydrogen-bond donors (Lipinski definition) is 2. The summed E-state index contributed by atoms with van der Waals surface area (Å²) in [5.74, 6) is 0.515. The molecule has 0 aliphatic heterocycles. The molecule has 0 aliphatic rings. The van der Waals surface area contributed by atoms with Crippen LogP contribution >= 0.6 is 0 Å². The number of carbonyl (C=O) groups is 1. The quantitative estimate of drug-likeness (QED) is 0.305. The first kappa shape index (κ1) is 24.5. The average Bonchev–Trinajstić information content (AvgIpc) is 2.80. The van der Waals surface area contributed by atoms with Gasteiger partial charge >= 0.3 is 6.61 Å². The van der Waals surface area contributed by atoms with Crippen molar-refractivity contribution in [2.24, 2.45) is 10.9 Å². The lowest BCUT2D eigenvalue weighted by Crippen LogP contribution is -2.33. The van der Waals surface area contributed by atoms with Crippen molar-refractivity contribution in [2.75, 3.05) is 21.3 Å². The molecule has 0 saturated heterocycles. The van der Waals surface area contributed by atoms with E-state index in [-0.39, 0.29) is 23.9 Å². The van der Waals surface area contributed by atoms with Crippen LogP contribution in [0, 0.1) is 0 Å². The Hall–Kier alpha value is -3.76. The van der Waals surface area contributed by atoms with Crippen molar-refractivity contribution in [2.45, 2.75) is 26.2 Å². The van der Waals surface area contributed by atoms with E-state index in [1.54, 1.807) is 18.2 Å². The monoisotopic (exact) mass is 453 g/mol. The molecule has 1 atom stereocenters. The normalized spacial score (nSPS) is 12.2. The summed E-state index contributed by atoms with van der Waals surface area (Å²) in [7, 11) is 4.35. The van der Waals surface area contributed by atoms with Crippen molar-refractivity contribution >= 4 is 11.7 Å². The molecule has 0 fully saturated rings. The number of nitrogens with zero attached hydrogens (tertiary/aromatic N) is 1. The van der Waals surface area contributed by atoms with E-state index in [0.29, 0.717) is 17.1 Å². The third-order valence-corrected chi connectivity index (χ3v) is 4.27. The second kappa shape index (κ2) is 11.6. The van der Waals surface area contributed by atoms with E-state index in [4.69, 9.17) is 24.8 Å². The van der Waals surface area contributed by atoms with Crippen molar-refractivity contribution in [3.8, 4) is 23.0 Å². The maximum absolute atomic E-state index is 12.4. The second-order valence-electron chi connectivity index (χ2n) is 6.38. The van der Waals surface area contributed by atoms with E-state index < -0.39 is 18.6 Å². The molecule has 0 radical (unpaired) electrons. The van der Waals surface area contributed by atoms with E-state index in [2.05, 4.69) is 15.2 Å². The highest BCUT2D eigenvalue weighted by Crippen LogP contribution is 2.29. The number of amides is 1. The molecule has 0 aromatic heterocycles. The predicted octanol–water partition coefficient (Wildman–Crippen LogP) is 2.66. The van der Waals surface area contributed by atoms with E-state index in [0.717, 1.165) is 5.56 Å². The largest absolute Gasteiger partial charge is 0.493 e. The smallest absolute Gasteiger partial charge is 0.387 e. The number of hydrogen-bond acceptors (Lipinski definition) is 7. The van der Waals surface area contributed by atoms with Gasteiger partial charge in [0.05, 0.1) is 21.3 Å². The van der Waals surface area contributed by atoms with Crippen LogP contribution in [-0.4, -0.2) is 45.8 Å². The number of nitrogens with one attached hydrogen (secondary N) is 1. The first-order valence-corrected chi connectivity index (χ1v) is 9.40. The molecule has 2 rings (SSSR count). The van der Waals surface area contributed by atoms with Crippen molar-refractivity contribution in [1.29, 1.82) is 0 Å². The first-order valence-electron chi connectivity index (χ1n) is 9.40. The van der Waals surface area contributed by atoms with Gasteiger partial charge in [0, 0.05) is 12.1 Å². The zero-order valence-electron chi connectivity index (χ0n) is 18.1. The van der Waals surface area contributed by atoms with Crippen molar-refractivity contribution in [1.82, 2.24) is 5.32 Å². The zero-order chi connectivity index (χ0) is 23.7. The minimum atomic E-state index is -3.00. The van der Waals surface area contributed by atoms with Crippen LogP contribution in [0.4, 0.5) is 8.78 Å². The standard InChI is InChI=1S/C21H25F2N3O6/c1-12(20(27)25-11-13-5-7-15(28-2)17(9-13)29-3)32-26-19(24)14-6-8-16(31-21(22)23)18(10-14)30-4/h5-10,12,21H,11H2,1-4H3,(H2,24,26)(H,25,27). The topological polar surface area (TPSA) is 114 Å². The Bertz CT molecular complexity index is 955. The number of halogens is 2. The molecule has 2 aromatic carbocycles. The maximum atomic E-state index is 12.4. The number of carbonyl (C=O) groups excluding carboxylic acids is 1. The molecule has 0 aliphatic carbocycles. The molecule has 9 nitrogen and oxygen atoms in total. The Balaban J connectivity index is 1.97. The van der Waals surface area contributed by atoms with Crippen LogP contribution in [0.15, 0.2) is 41.6 Å². The Morgan fingerprint density at radius 3 is 2.25 bits per heavy atom. The van der Waals surface area contributed by atoms with Gasteiger partial charge in [-0.3, -0.25) is 4.79 Å². The number of nitrogens with two attached hydrogens (primary N) is 1. The lowest BCUT2D eigenvalue weighted by Gasteiger charge is -2.13. The number of benzene rings is 2. The molecule has 3 N–H and O–H groups in total. The van der Waals surface area contributed by atoms with Crippen molar-refractivity contribution in [3.05, 3.63) is 47.5 Å². The zero-order valence-corrected chi connectivity index (χ0v) is 18.1. The summed E-state index contributed by atoms with van der Waals surface area (Å²) in [5, 5.41) is 6.46. The summed E-state index contributed by atoms with van der Waals surface area (Å²) in [6.07, 6.45) is -0.947. The molecule has 0 saturated carbocycles. The van der Waals surface area contributed by atoms with Crippen LogP contribution in [-0.2, 0) is 16.2 Å². The van der Waals surface area contributed by atoms with Gasteiger partial charge in [0.15, 0.2) is 28.8 Å². The van der Waals surface area contributed by atoms with Crippen LogP contribution < -0.4 is 30.0 Å². The molecular weight excluding hydrogens is 428 g/mol. The van der Waals surface area contributed by atoms with Crippen LogP contribution in [0.1, 0.15) is 18.1 Å². The van der Waals surface area contributed by atoms with Crippen LogP contribution in [0.25, 0.3) is 0 Å². The Morgan fingerprint density at radius 1 is 1.00 bits per heavy atom. The van der Waals surface area contributed by atoms with Gasteiger partial charge in [-0.1, -0.05) is 11.2 Å². The fourth-order valence-electron chi connectivity index (χ4n) is 2.58. The fraction of sp³-hybridized carbons (Fsp3) is 0.333. The summed E-state index contributed by atoms with van der Waals surface area (Å²) < 4.78 is 44.6. The van der Waals surface area contributed by atoms with Gasteiger partial charge in [0.2, 0.25) is 6.10 Å². The number of oxime groups is 1. The Labute approximate surface area is 184 Å². The van der Waals surface area contributed by atoms with Crippen LogP contribution in [0.2, 0.25) is 0 Å². The number of alkyl halides is 2. The summed E-state index contributed by atoms with van der Waals surface area (Å²) in [6, 6.07) is 9.30. The minimum absolute atomic E-state index is 0.0432. The summed E-state index contributed by atoms with van der Waals surface area (Å²) in [5.41, 5.74) is 7.00. The molecule has 174 valence electrons. The molecule has 0 heterocycles. The van der Waals surface area contributed by atoms with Gasteiger partial charge in [-0.15, -0.1) is 0 Å². The highest BCUT2D eigenvalue weighted by Gasteiger charge is 2.16. The molecule has 0 bridgehead atoms. The lowest BCUT2D eigenvalue weighted by molar-refractivity contribution is -0.131. The fourth-order valence-corrected chi connectivity index (χ4v) is 2.58. The Morgan fingerprint density at radius 2 is 1.62 bits per heavy atom. The van der Waals surface area contributed by atoms with Gasteiger partial charge in [-0.2, -0.15) is 8.78 Å². The third kappa shape index (κ3) is 6.62. The third-order valence-electron chi connectivity index (χ3n) is 4.27. The van der Waals surface area contributed by atoms with Gasteiger partial charge in [-0.05, 0) is 42.8 Å². The second-order valence-corrected chi connectivity index (χ2v) is 6.38. The SMILES string of the molecule is COc1ccc(CNC(=O)C(C)O/N=C(/N)c2ccc(OC(F)F)c(OC)c2)cc1OC. The average molecular weight is 453 g/mol. The predicted molar refractivity (Wildman–Crippen MR) is 112 cm³/mol. The van der Waals surface area contributed by atoms with Gasteiger partial charge in [-0.25, -0.2) is 0 Å². The van der Waals surface area contributed by atoms with Gasteiger partial charge < -0.3 is 34.8 Å². The highest BCUT2D eigenvalue weighted by molar-refractivity contribution is 5.97. The maximum Gasteiger partial charge on any atom is 0.387 e. The summed E-state index contributed by atoms with van der Waals surface area (Å²) in [4.78, 5) is 17.5. The van der Waals surface area contributed by atoms with E-state index in [1.807, 2.05) is 0 Å². The van der Waals surface area contributed by atoms with E-state index in [9.17, 15) is 13.6 Å². The molecule has 0 spiro atoms.